The van der Waals surface area contributed by atoms with E-state index >= 15 is 0 Å². The van der Waals surface area contributed by atoms with Crippen LogP contribution in [-0.4, -0.2) is 11.7 Å². The molecule has 0 amide bonds. The summed E-state index contributed by atoms with van der Waals surface area (Å²) in [6.45, 7) is 5.16. The smallest absolute Gasteiger partial charge is 0.156 e. The molecule has 0 saturated heterocycles. The zero-order chi connectivity index (χ0) is 11.5. The molecule has 1 nitrogen and oxygen atoms in total. The molecule has 1 unspecified atom stereocenters. The van der Waals surface area contributed by atoms with Crippen LogP contribution in [0.4, 0.5) is 4.39 Å². The van der Waals surface area contributed by atoms with Crippen molar-refractivity contribution in [1.82, 2.24) is 0 Å². The summed E-state index contributed by atoms with van der Waals surface area (Å²) >= 11 is 0. The van der Waals surface area contributed by atoms with Crippen LogP contribution in [0.3, 0.4) is 0 Å². The van der Waals surface area contributed by atoms with Crippen molar-refractivity contribution < 1.29 is 9.50 Å². The first-order valence-electron chi connectivity index (χ1n) is 5.35. The predicted octanol–water partition coefficient (Wildman–Crippen LogP) is 3.06. The molecule has 0 aliphatic rings. The van der Waals surface area contributed by atoms with Gasteiger partial charge in [-0.05, 0) is 30.4 Å². The summed E-state index contributed by atoms with van der Waals surface area (Å²) in [5.41, 5.74) is -0.0291. The summed E-state index contributed by atoms with van der Waals surface area (Å²) < 4.78 is 14.0. The molecule has 0 aliphatic carbocycles. The number of benzene rings is 1. The third kappa shape index (κ3) is 3.03. The van der Waals surface area contributed by atoms with Crippen LogP contribution in [0.2, 0.25) is 0 Å². The van der Waals surface area contributed by atoms with Gasteiger partial charge in [-0.3, -0.25) is 0 Å². The van der Waals surface area contributed by atoms with Crippen molar-refractivity contribution in [1.29, 1.82) is 0 Å². The van der Waals surface area contributed by atoms with E-state index in [4.69, 9.17) is 5.11 Å². The minimum atomic E-state index is -1.63. The first-order chi connectivity index (χ1) is 6.97. The number of aliphatic hydroxyl groups excluding tert-OH is 1. The zero-order valence-electron chi connectivity index (χ0n) is 9.63. The number of hydrogen-bond acceptors (Lipinski definition) is 1. The summed E-state index contributed by atoms with van der Waals surface area (Å²) in [5.74, 6) is 0.487. The maximum atomic E-state index is 14.0. The van der Waals surface area contributed by atoms with E-state index in [1.54, 1.807) is 6.07 Å². The topological polar surface area (TPSA) is 20.2 Å². The fraction of sp³-hybridized carbons (Fsp3) is 0.538. The Labute approximate surface area is 90.9 Å². The molecule has 1 rings (SSSR count). The summed E-state index contributed by atoms with van der Waals surface area (Å²) in [6.07, 6.45) is 0.843. The van der Waals surface area contributed by atoms with Crippen molar-refractivity contribution in [2.75, 3.05) is 6.61 Å². The lowest BCUT2D eigenvalue weighted by molar-refractivity contribution is 0.0858. The van der Waals surface area contributed by atoms with Crippen molar-refractivity contribution in [3.63, 3.8) is 0 Å². The van der Waals surface area contributed by atoms with Crippen LogP contribution in [-0.2, 0) is 12.1 Å². The molecule has 0 aliphatic heterocycles. The minimum absolute atomic E-state index is 0.470. The van der Waals surface area contributed by atoms with Crippen LogP contribution in [0.1, 0.15) is 31.9 Å². The van der Waals surface area contributed by atoms with Gasteiger partial charge in [0.05, 0.1) is 6.61 Å². The van der Waals surface area contributed by atoms with E-state index < -0.39 is 12.3 Å². The highest BCUT2D eigenvalue weighted by Gasteiger charge is 2.27. The second-order valence-corrected chi connectivity index (χ2v) is 4.61. The lowest BCUT2D eigenvalue weighted by Crippen LogP contribution is -2.22. The molecule has 0 saturated carbocycles. The van der Waals surface area contributed by atoms with Crippen molar-refractivity contribution in [3.8, 4) is 0 Å². The van der Waals surface area contributed by atoms with E-state index in [-0.39, 0.29) is 0 Å². The Hall–Kier alpha value is -0.890. The number of alkyl halides is 1. The third-order valence-electron chi connectivity index (χ3n) is 2.50. The van der Waals surface area contributed by atoms with Crippen LogP contribution < -0.4 is 0 Å². The van der Waals surface area contributed by atoms with Gasteiger partial charge < -0.3 is 5.11 Å². The van der Waals surface area contributed by atoms with Gasteiger partial charge in [0, 0.05) is 0 Å². The summed E-state index contributed by atoms with van der Waals surface area (Å²) in [4.78, 5) is 0. The Kier molecular flexibility index (Phi) is 3.86. The fourth-order valence-electron chi connectivity index (χ4n) is 1.73. The van der Waals surface area contributed by atoms with Crippen molar-refractivity contribution in [2.45, 2.75) is 32.9 Å². The molecular weight excluding hydrogens is 191 g/mol. The van der Waals surface area contributed by atoms with Gasteiger partial charge in [-0.1, -0.05) is 38.1 Å². The highest BCUT2D eigenvalue weighted by atomic mass is 19.1. The molecular formula is C13H19FO. The van der Waals surface area contributed by atoms with Gasteiger partial charge in [-0.2, -0.15) is 0 Å². The van der Waals surface area contributed by atoms with Crippen LogP contribution >= 0.6 is 0 Å². The van der Waals surface area contributed by atoms with Crippen molar-refractivity contribution >= 4 is 0 Å². The molecule has 0 spiro atoms. The van der Waals surface area contributed by atoms with E-state index in [2.05, 4.69) is 13.8 Å². The third-order valence-corrected chi connectivity index (χ3v) is 2.50. The van der Waals surface area contributed by atoms with E-state index in [0.717, 1.165) is 12.0 Å². The molecule has 0 bridgehead atoms. The lowest BCUT2D eigenvalue weighted by atomic mass is 9.89. The summed E-state index contributed by atoms with van der Waals surface area (Å²) in [5, 5.41) is 9.03. The number of rotatable bonds is 4. The van der Waals surface area contributed by atoms with Gasteiger partial charge in [-0.25, -0.2) is 4.39 Å². The van der Waals surface area contributed by atoms with Crippen LogP contribution in [0.25, 0.3) is 0 Å². The Bertz CT molecular complexity index is 318. The highest BCUT2D eigenvalue weighted by Crippen LogP contribution is 2.29. The van der Waals surface area contributed by atoms with Crippen LogP contribution in [0.5, 0.6) is 0 Å². The normalized spacial score (nSPS) is 15.3. The van der Waals surface area contributed by atoms with Gasteiger partial charge in [-0.15, -0.1) is 0 Å². The van der Waals surface area contributed by atoms with Gasteiger partial charge in [0.25, 0.3) is 0 Å². The maximum absolute atomic E-state index is 14.0. The average Bonchev–Trinajstić information content (AvgIpc) is 2.17. The number of hydrogen-bond donors (Lipinski definition) is 1. The number of aliphatic hydroxyl groups is 1. The first-order valence-corrected chi connectivity index (χ1v) is 5.35. The highest BCUT2D eigenvalue weighted by molar-refractivity contribution is 5.32. The standard InChI is InChI=1S/C13H19FO/c1-10(2)8-11-6-4-5-7-12(11)13(3,14)9-15/h4-7,10,15H,8-9H2,1-3H3. The van der Waals surface area contributed by atoms with Crippen molar-refractivity contribution in [2.24, 2.45) is 5.92 Å². The molecule has 1 atom stereocenters. The average molecular weight is 210 g/mol. The SMILES string of the molecule is CC(C)Cc1ccccc1C(C)(F)CO. The Morgan fingerprint density at radius 2 is 1.93 bits per heavy atom. The predicted molar refractivity (Wildman–Crippen MR) is 60.5 cm³/mol. The van der Waals surface area contributed by atoms with E-state index in [1.165, 1.54) is 6.92 Å². The molecule has 0 radical (unpaired) electrons. The molecule has 0 fully saturated rings. The Morgan fingerprint density at radius 1 is 1.33 bits per heavy atom. The van der Waals surface area contributed by atoms with Crippen molar-refractivity contribution in [3.05, 3.63) is 35.4 Å². The fourth-order valence-corrected chi connectivity index (χ4v) is 1.73. The maximum Gasteiger partial charge on any atom is 0.156 e. The van der Waals surface area contributed by atoms with Gasteiger partial charge in [0.15, 0.2) is 5.67 Å². The van der Waals surface area contributed by atoms with E-state index in [1.807, 2.05) is 18.2 Å². The van der Waals surface area contributed by atoms with Crippen LogP contribution in [0, 0.1) is 5.92 Å². The lowest BCUT2D eigenvalue weighted by Gasteiger charge is -2.22. The minimum Gasteiger partial charge on any atom is -0.393 e. The Balaban J connectivity index is 3.06. The Morgan fingerprint density at radius 3 is 2.47 bits per heavy atom. The first kappa shape index (κ1) is 12.2. The second-order valence-electron chi connectivity index (χ2n) is 4.61. The molecule has 0 heterocycles. The molecule has 1 aromatic rings. The molecule has 15 heavy (non-hydrogen) atoms. The van der Waals surface area contributed by atoms with E-state index in [9.17, 15) is 4.39 Å². The molecule has 1 aromatic carbocycles. The number of halogens is 1. The molecule has 1 N–H and O–H groups in total. The quantitative estimate of drug-likeness (QED) is 0.809. The van der Waals surface area contributed by atoms with Crippen LogP contribution in [0.15, 0.2) is 24.3 Å². The molecule has 2 heteroatoms. The molecule has 84 valence electrons. The van der Waals surface area contributed by atoms with Gasteiger partial charge >= 0.3 is 0 Å². The van der Waals surface area contributed by atoms with E-state index in [0.29, 0.717) is 11.5 Å². The summed E-state index contributed by atoms with van der Waals surface area (Å²) in [6, 6.07) is 7.41. The largest absolute Gasteiger partial charge is 0.393 e. The second kappa shape index (κ2) is 4.75. The summed E-state index contributed by atoms with van der Waals surface area (Å²) in [7, 11) is 0. The van der Waals surface area contributed by atoms with Gasteiger partial charge in [0.1, 0.15) is 0 Å². The van der Waals surface area contributed by atoms with Gasteiger partial charge in [0.2, 0.25) is 0 Å². The zero-order valence-corrected chi connectivity index (χ0v) is 9.63. The molecule has 0 aromatic heterocycles. The monoisotopic (exact) mass is 210 g/mol.